The van der Waals surface area contributed by atoms with Gasteiger partial charge in [0, 0.05) is 10.9 Å². The minimum absolute atomic E-state index is 0.0149. The molecule has 6 nitrogen and oxygen atoms in total. The summed E-state index contributed by atoms with van der Waals surface area (Å²) in [6.07, 6.45) is 0.682. The SMILES string of the molecule is COc1ccc2c3c(ccc2c1)C(=O)/C(=C\O)CN3S(=O)(=O)c1ccc(C)cc1. The van der Waals surface area contributed by atoms with E-state index < -0.39 is 15.8 Å². The molecule has 4 rings (SSSR count). The molecule has 0 unspecified atom stereocenters. The van der Waals surface area contributed by atoms with E-state index in [1.807, 2.05) is 6.92 Å². The highest BCUT2D eigenvalue weighted by Crippen LogP contribution is 2.40. The van der Waals surface area contributed by atoms with Crippen molar-refractivity contribution in [2.45, 2.75) is 11.8 Å². The molecular weight excluding hydrogens is 390 g/mol. The van der Waals surface area contributed by atoms with E-state index in [2.05, 4.69) is 0 Å². The lowest BCUT2D eigenvalue weighted by Gasteiger charge is -2.32. The van der Waals surface area contributed by atoms with Crippen molar-refractivity contribution in [2.24, 2.45) is 0 Å². The molecule has 1 aliphatic heterocycles. The normalized spacial score (nSPS) is 15.6. The maximum atomic E-state index is 13.5. The molecule has 7 heteroatoms. The number of aliphatic hydroxyl groups is 1. The molecule has 1 N–H and O–H groups in total. The molecule has 3 aromatic rings. The number of rotatable bonds is 3. The van der Waals surface area contributed by atoms with Crippen molar-refractivity contribution >= 4 is 32.3 Å². The second kappa shape index (κ2) is 6.93. The molecule has 0 atom stereocenters. The van der Waals surface area contributed by atoms with Crippen molar-refractivity contribution in [1.82, 2.24) is 0 Å². The van der Waals surface area contributed by atoms with Crippen LogP contribution >= 0.6 is 0 Å². The lowest BCUT2D eigenvalue weighted by molar-refractivity contribution is 0.102. The lowest BCUT2D eigenvalue weighted by atomic mass is 9.94. The maximum absolute atomic E-state index is 13.5. The topological polar surface area (TPSA) is 83.9 Å². The van der Waals surface area contributed by atoms with E-state index in [1.54, 1.807) is 49.6 Å². The van der Waals surface area contributed by atoms with Gasteiger partial charge in [-0.2, -0.15) is 0 Å². The number of aliphatic hydroxyl groups excluding tert-OH is 1. The summed E-state index contributed by atoms with van der Waals surface area (Å²) >= 11 is 0. The Morgan fingerprint density at radius 3 is 2.45 bits per heavy atom. The lowest BCUT2D eigenvalue weighted by Crippen LogP contribution is -2.39. The molecule has 0 saturated heterocycles. The van der Waals surface area contributed by atoms with Crippen LogP contribution in [0.15, 0.2) is 71.3 Å². The zero-order valence-electron chi connectivity index (χ0n) is 15.9. The van der Waals surface area contributed by atoms with Gasteiger partial charge in [0.2, 0.25) is 0 Å². The van der Waals surface area contributed by atoms with Gasteiger partial charge >= 0.3 is 0 Å². The van der Waals surface area contributed by atoms with Crippen molar-refractivity contribution in [1.29, 1.82) is 0 Å². The number of methoxy groups -OCH3 is 1. The largest absolute Gasteiger partial charge is 0.515 e. The minimum Gasteiger partial charge on any atom is -0.515 e. The van der Waals surface area contributed by atoms with Crippen LogP contribution in [0, 0.1) is 6.92 Å². The molecule has 148 valence electrons. The Hall–Kier alpha value is -3.32. The van der Waals surface area contributed by atoms with Gasteiger partial charge in [0.15, 0.2) is 5.78 Å². The molecular formula is C22H19NO5S. The first-order valence-electron chi connectivity index (χ1n) is 8.95. The van der Waals surface area contributed by atoms with Crippen molar-refractivity contribution < 1.29 is 23.1 Å². The van der Waals surface area contributed by atoms with E-state index in [1.165, 1.54) is 16.4 Å². The molecule has 0 aromatic heterocycles. The number of hydrogen-bond acceptors (Lipinski definition) is 5. The van der Waals surface area contributed by atoms with Crippen molar-refractivity contribution in [3.8, 4) is 5.75 Å². The third-order valence-electron chi connectivity index (χ3n) is 5.06. The van der Waals surface area contributed by atoms with Crippen LogP contribution in [-0.2, 0) is 10.0 Å². The first-order chi connectivity index (χ1) is 13.9. The van der Waals surface area contributed by atoms with Crippen molar-refractivity contribution in [3.05, 3.63) is 77.6 Å². The second-order valence-electron chi connectivity index (χ2n) is 6.86. The van der Waals surface area contributed by atoms with Gasteiger partial charge in [-0.25, -0.2) is 8.42 Å². The highest BCUT2D eigenvalue weighted by Gasteiger charge is 2.36. The predicted molar refractivity (Wildman–Crippen MR) is 111 cm³/mol. The van der Waals surface area contributed by atoms with Gasteiger partial charge in [-0.3, -0.25) is 9.10 Å². The number of Topliss-reactive ketones (excluding diaryl/α,β-unsaturated/α-hetero) is 1. The van der Waals surface area contributed by atoms with Gasteiger partial charge in [0.1, 0.15) is 5.75 Å². The monoisotopic (exact) mass is 409 g/mol. The number of carbonyl (C=O) groups excluding carboxylic acids is 1. The van der Waals surface area contributed by atoms with Gasteiger partial charge in [-0.1, -0.05) is 23.8 Å². The summed E-state index contributed by atoms with van der Waals surface area (Å²) in [5, 5.41) is 10.9. The fourth-order valence-electron chi connectivity index (χ4n) is 3.49. The van der Waals surface area contributed by atoms with Crippen LogP contribution in [0.3, 0.4) is 0 Å². The number of sulfonamides is 1. The number of ketones is 1. The number of ether oxygens (including phenoxy) is 1. The highest BCUT2D eigenvalue weighted by molar-refractivity contribution is 7.92. The van der Waals surface area contributed by atoms with E-state index in [0.29, 0.717) is 23.1 Å². The number of carbonyl (C=O) groups is 1. The van der Waals surface area contributed by atoms with Gasteiger partial charge in [0.25, 0.3) is 10.0 Å². The fourth-order valence-corrected chi connectivity index (χ4v) is 4.97. The first kappa shape index (κ1) is 19.0. The Kier molecular flexibility index (Phi) is 4.55. The summed E-state index contributed by atoms with van der Waals surface area (Å²) in [4.78, 5) is 12.9. The average Bonchev–Trinajstić information content (AvgIpc) is 2.73. The molecule has 0 bridgehead atoms. The van der Waals surface area contributed by atoms with Crippen LogP contribution < -0.4 is 9.04 Å². The minimum atomic E-state index is -3.97. The summed E-state index contributed by atoms with van der Waals surface area (Å²) in [5.41, 5.74) is 1.49. The highest BCUT2D eigenvalue weighted by atomic mass is 32.2. The summed E-state index contributed by atoms with van der Waals surface area (Å²) in [7, 11) is -2.42. The Balaban J connectivity index is 2.01. The molecule has 0 radical (unpaired) electrons. The molecule has 29 heavy (non-hydrogen) atoms. The summed E-state index contributed by atoms with van der Waals surface area (Å²) in [6, 6.07) is 15.1. The fraction of sp³-hybridized carbons (Fsp3) is 0.136. The van der Waals surface area contributed by atoms with Crippen LogP contribution in [0.25, 0.3) is 10.8 Å². The first-order valence-corrected chi connectivity index (χ1v) is 10.4. The second-order valence-corrected chi connectivity index (χ2v) is 8.72. The van der Waals surface area contributed by atoms with Crippen LogP contribution in [-0.4, -0.2) is 33.0 Å². The van der Waals surface area contributed by atoms with E-state index >= 15 is 0 Å². The Morgan fingerprint density at radius 1 is 1.07 bits per heavy atom. The standard InChI is InChI=1S/C22H19NO5S/c1-14-3-7-18(8-4-14)29(26,27)23-12-16(13-24)22(25)20-9-5-15-11-17(28-2)6-10-19(15)21(20)23/h3-11,13,24H,12H2,1-2H3/b16-13-. The number of aryl methyl sites for hydroxylation is 1. The quantitative estimate of drug-likeness (QED) is 0.522. The van der Waals surface area contributed by atoms with Crippen molar-refractivity contribution in [2.75, 3.05) is 18.0 Å². The van der Waals surface area contributed by atoms with E-state index in [9.17, 15) is 18.3 Å². The summed E-state index contributed by atoms with van der Waals surface area (Å²) in [6.45, 7) is 1.63. The summed E-state index contributed by atoms with van der Waals surface area (Å²) < 4.78 is 33.4. The number of fused-ring (bicyclic) bond motifs is 3. The molecule has 0 amide bonds. The third-order valence-corrected chi connectivity index (χ3v) is 6.82. The van der Waals surface area contributed by atoms with Gasteiger partial charge in [0.05, 0.1) is 36.1 Å². The van der Waals surface area contributed by atoms with Gasteiger partial charge in [-0.05, 0) is 48.7 Å². The van der Waals surface area contributed by atoms with Crippen LogP contribution in [0.1, 0.15) is 15.9 Å². The van der Waals surface area contributed by atoms with E-state index in [-0.39, 0.29) is 22.6 Å². The van der Waals surface area contributed by atoms with Crippen LogP contribution in [0.2, 0.25) is 0 Å². The molecule has 1 aliphatic rings. The zero-order chi connectivity index (χ0) is 20.8. The predicted octanol–water partition coefficient (Wildman–Crippen LogP) is 3.99. The number of anilines is 1. The molecule has 0 aliphatic carbocycles. The van der Waals surface area contributed by atoms with E-state index in [4.69, 9.17) is 4.74 Å². The third kappa shape index (κ3) is 3.03. The zero-order valence-corrected chi connectivity index (χ0v) is 16.7. The molecule has 1 heterocycles. The Bertz CT molecular complexity index is 1260. The number of nitrogens with zero attached hydrogens (tertiary/aromatic N) is 1. The Morgan fingerprint density at radius 2 is 1.79 bits per heavy atom. The number of hydrogen-bond donors (Lipinski definition) is 1. The molecule has 0 spiro atoms. The van der Waals surface area contributed by atoms with Crippen LogP contribution in [0.5, 0.6) is 5.75 Å². The molecule has 0 fully saturated rings. The maximum Gasteiger partial charge on any atom is 0.264 e. The van der Waals surface area contributed by atoms with Gasteiger partial charge in [-0.15, -0.1) is 0 Å². The molecule has 3 aromatic carbocycles. The summed E-state index contributed by atoms with van der Waals surface area (Å²) in [5.74, 6) is 0.235. The average molecular weight is 409 g/mol. The van der Waals surface area contributed by atoms with E-state index in [0.717, 1.165) is 10.9 Å². The van der Waals surface area contributed by atoms with Crippen molar-refractivity contribution in [3.63, 3.8) is 0 Å². The Labute approximate surface area is 168 Å². The number of benzene rings is 3. The molecule has 0 saturated carbocycles. The smallest absolute Gasteiger partial charge is 0.264 e. The van der Waals surface area contributed by atoms with Gasteiger partial charge < -0.3 is 9.84 Å². The van der Waals surface area contributed by atoms with Crippen LogP contribution in [0.4, 0.5) is 5.69 Å².